The molecule has 1 nitrogen and oxygen atoms in total. The van der Waals surface area contributed by atoms with Crippen molar-refractivity contribution in [2.24, 2.45) is 0 Å². The van der Waals surface area contributed by atoms with E-state index in [4.69, 9.17) is 5.11 Å². The maximum atomic E-state index is 13.3. The van der Waals surface area contributed by atoms with Crippen molar-refractivity contribution in [2.75, 3.05) is 12.4 Å². The van der Waals surface area contributed by atoms with Crippen LogP contribution in [0, 0.1) is 0 Å². The Hall–Kier alpha value is 0.240. The predicted octanol–water partition coefficient (Wildman–Crippen LogP) is 3.37. The summed E-state index contributed by atoms with van der Waals surface area (Å²) in [5.74, 6) is 0.895. The van der Waals surface area contributed by atoms with Gasteiger partial charge in [0, 0.05) is 6.61 Å². The van der Waals surface area contributed by atoms with E-state index >= 15 is 0 Å². The fourth-order valence-electron chi connectivity index (χ4n) is 0.954. The molecular formula is C10H21FOS. The van der Waals surface area contributed by atoms with Crippen molar-refractivity contribution in [3.8, 4) is 0 Å². The van der Waals surface area contributed by atoms with Gasteiger partial charge in [0.2, 0.25) is 0 Å². The average Bonchev–Trinajstić information content (AvgIpc) is 2.11. The number of rotatable bonds is 8. The van der Waals surface area contributed by atoms with Crippen molar-refractivity contribution >= 4 is 11.8 Å². The van der Waals surface area contributed by atoms with Crippen LogP contribution < -0.4 is 0 Å². The van der Waals surface area contributed by atoms with Gasteiger partial charge < -0.3 is 5.11 Å². The van der Waals surface area contributed by atoms with Gasteiger partial charge in [0.05, 0.1) is 0 Å². The molecule has 0 saturated heterocycles. The van der Waals surface area contributed by atoms with E-state index in [1.807, 2.05) is 6.92 Å². The third-order valence-corrected chi connectivity index (χ3v) is 3.47. The van der Waals surface area contributed by atoms with Gasteiger partial charge in [0.25, 0.3) is 0 Å². The lowest BCUT2D eigenvalue weighted by molar-refractivity contribution is 0.283. The molecule has 0 fully saturated rings. The summed E-state index contributed by atoms with van der Waals surface area (Å²) in [5.41, 5.74) is 0. The Morgan fingerprint density at radius 3 is 2.38 bits per heavy atom. The Balaban J connectivity index is 3.16. The summed E-state index contributed by atoms with van der Waals surface area (Å²) >= 11 is 1.41. The Morgan fingerprint density at radius 2 is 1.85 bits per heavy atom. The molecule has 0 aliphatic rings. The van der Waals surface area contributed by atoms with Crippen LogP contribution >= 0.6 is 11.8 Å². The second-order valence-electron chi connectivity index (χ2n) is 3.44. The minimum atomic E-state index is -1.04. The minimum Gasteiger partial charge on any atom is -0.396 e. The van der Waals surface area contributed by atoms with E-state index in [0.717, 1.165) is 31.4 Å². The highest BCUT2D eigenvalue weighted by Gasteiger charge is 2.19. The lowest BCUT2D eigenvalue weighted by Gasteiger charge is -2.16. The van der Waals surface area contributed by atoms with E-state index in [2.05, 4.69) is 0 Å². The van der Waals surface area contributed by atoms with E-state index in [1.165, 1.54) is 11.8 Å². The van der Waals surface area contributed by atoms with Crippen LogP contribution in [0.2, 0.25) is 0 Å². The summed E-state index contributed by atoms with van der Waals surface area (Å²) in [6.45, 7) is 3.80. The number of aliphatic hydroxyl groups excluding tert-OH is 1. The summed E-state index contributed by atoms with van der Waals surface area (Å²) in [5, 5.41) is 7.48. The molecule has 3 heteroatoms. The van der Waals surface area contributed by atoms with Crippen molar-refractivity contribution < 1.29 is 9.50 Å². The summed E-state index contributed by atoms with van der Waals surface area (Å²) in [4.78, 5) is 0. The van der Waals surface area contributed by atoms with E-state index in [0.29, 0.717) is 6.42 Å². The summed E-state index contributed by atoms with van der Waals surface area (Å²) in [6.07, 6.45) is 4.68. The van der Waals surface area contributed by atoms with Crippen LogP contribution in [0.15, 0.2) is 0 Å². The summed E-state index contributed by atoms with van der Waals surface area (Å²) < 4.78 is 13.3. The van der Waals surface area contributed by atoms with Gasteiger partial charge in [-0.15, -0.1) is 11.8 Å². The highest BCUT2D eigenvalue weighted by Crippen LogP contribution is 2.30. The standard InChI is InChI=1S/C10H21FOS/c1-3-10(2,11)13-9-7-5-4-6-8-12/h12H,3-9H2,1-2H3. The Labute approximate surface area is 85.1 Å². The smallest absolute Gasteiger partial charge is 0.153 e. The zero-order valence-electron chi connectivity index (χ0n) is 8.68. The molecule has 1 atom stereocenters. The molecule has 1 unspecified atom stereocenters. The predicted molar refractivity (Wildman–Crippen MR) is 57.8 cm³/mol. The first kappa shape index (κ1) is 13.2. The minimum absolute atomic E-state index is 0.281. The maximum Gasteiger partial charge on any atom is 0.153 e. The molecule has 0 aromatic carbocycles. The van der Waals surface area contributed by atoms with Gasteiger partial charge in [-0.2, -0.15) is 0 Å². The van der Waals surface area contributed by atoms with Gasteiger partial charge in [-0.1, -0.05) is 19.8 Å². The molecule has 0 rings (SSSR count). The summed E-state index contributed by atoms with van der Waals surface area (Å²) in [7, 11) is 0. The van der Waals surface area contributed by atoms with Gasteiger partial charge in [-0.05, 0) is 31.9 Å². The van der Waals surface area contributed by atoms with Crippen molar-refractivity contribution in [3.05, 3.63) is 0 Å². The molecule has 13 heavy (non-hydrogen) atoms. The quantitative estimate of drug-likeness (QED) is 0.617. The van der Waals surface area contributed by atoms with Crippen LogP contribution in [0.25, 0.3) is 0 Å². The zero-order chi connectivity index (χ0) is 10.2. The third-order valence-electron chi connectivity index (χ3n) is 2.09. The topological polar surface area (TPSA) is 20.2 Å². The Kier molecular flexibility index (Phi) is 7.77. The molecule has 0 aromatic rings. The molecule has 80 valence electrons. The van der Waals surface area contributed by atoms with Gasteiger partial charge in [0.1, 0.15) is 0 Å². The van der Waals surface area contributed by atoms with Crippen LogP contribution in [-0.2, 0) is 0 Å². The van der Waals surface area contributed by atoms with Crippen molar-refractivity contribution in [1.29, 1.82) is 0 Å². The highest BCUT2D eigenvalue weighted by molar-refractivity contribution is 8.00. The number of thioether (sulfide) groups is 1. The summed E-state index contributed by atoms with van der Waals surface area (Å²) in [6, 6.07) is 0. The number of alkyl halides is 1. The molecule has 0 saturated carbocycles. The van der Waals surface area contributed by atoms with Crippen LogP contribution in [0.5, 0.6) is 0 Å². The third kappa shape index (κ3) is 8.57. The average molecular weight is 208 g/mol. The maximum absolute atomic E-state index is 13.3. The van der Waals surface area contributed by atoms with Crippen LogP contribution in [0.1, 0.15) is 46.0 Å². The molecule has 0 spiro atoms. The highest BCUT2D eigenvalue weighted by atomic mass is 32.2. The first-order valence-electron chi connectivity index (χ1n) is 5.06. The molecule has 1 N–H and O–H groups in total. The van der Waals surface area contributed by atoms with Gasteiger partial charge in [-0.3, -0.25) is 0 Å². The van der Waals surface area contributed by atoms with Crippen molar-refractivity contribution in [1.82, 2.24) is 0 Å². The van der Waals surface area contributed by atoms with Gasteiger partial charge in [-0.25, -0.2) is 4.39 Å². The fraction of sp³-hybridized carbons (Fsp3) is 1.00. The molecule has 0 heterocycles. The monoisotopic (exact) mass is 208 g/mol. The van der Waals surface area contributed by atoms with Gasteiger partial charge >= 0.3 is 0 Å². The molecule has 0 radical (unpaired) electrons. The normalized spacial score (nSPS) is 15.7. The van der Waals surface area contributed by atoms with Crippen LogP contribution in [0.4, 0.5) is 4.39 Å². The second-order valence-corrected chi connectivity index (χ2v) is 4.99. The largest absolute Gasteiger partial charge is 0.396 e. The lowest BCUT2D eigenvalue weighted by Crippen LogP contribution is -2.10. The fourth-order valence-corrected chi connectivity index (χ4v) is 1.93. The van der Waals surface area contributed by atoms with Gasteiger partial charge in [0.15, 0.2) is 5.00 Å². The van der Waals surface area contributed by atoms with Crippen molar-refractivity contribution in [2.45, 2.75) is 51.0 Å². The Morgan fingerprint density at radius 1 is 1.23 bits per heavy atom. The zero-order valence-corrected chi connectivity index (χ0v) is 9.50. The van der Waals surface area contributed by atoms with E-state index in [-0.39, 0.29) is 6.61 Å². The number of hydrogen-bond donors (Lipinski definition) is 1. The number of hydrogen-bond acceptors (Lipinski definition) is 2. The molecule has 0 aliphatic carbocycles. The van der Waals surface area contributed by atoms with E-state index in [9.17, 15) is 4.39 Å². The van der Waals surface area contributed by atoms with E-state index in [1.54, 1.807) is 6.92 Å². The number of unbranched alkanes of at least 4 members (excludes halogenated alkanes) is 3. The Bertz CT molecular complexity index is 117. The molecular weight excluding hydrogens is 187 g/mol. The number of halogens is 1. The van der Waals surface area contributed by atoms with Crippen LogP contribution in [0.3, 0.4) is 0 Å². The first-order valence-corrected chi connectivity index (χ1v) is 6.04. The number of aliphatic hydroxyl groups is 1. The molecule has 0 aliphatic heterocycles. The molecule has 0 bridgehead atoms. The van der Waals surface area contributed by atoms with E-state index < -0.39 is 5.00 Å². The second kappa shape index (κ2) is 7.63. The molecule has 0 aromatic heterocycles. The molecule has 0 amide bonds. The van der Waals surface area contributed by atoms with Crippen LogP contribution in [-0.4, -0.2) is 22.5 Å². The van der Waals surface area contributed by atoms with Crippen molar-refractivity contribution in [3.63, 3.8) is 0 Å². The lowest BCUT2D eigenvalue weighted by atomic mass is 10.2. The first-order chi connectivity index (χ1) is 6.12. The SMILES string of the molecule is CCC(C)(F)SCCCCCCO.